The summed E-state index contributed by atoms with van der Waals surface area (Å²) in [6, 6.07) is -1.21. The van der Waals surface area contributed by atoms with Gasteiger partial charge in [0.25, 0.3) is 0 Å². The first-order valence-electron chi connectivity index (χ1n) is 11.8. The van der Waals surface area contributed by atoms with Gasteiger partial charge in [-0.3, -0.25) is 14.5 Å². The van der Waals surface area contributed by atoms with Gasteiger partial charge in [0.15, 0.2) is 0 Å². The molecule has 32 heavy (non-hydrogen) atoms. The minimum Gasteiger partial charge on any atom is -0.463 e. The van der Waals surface area contributed by atoms with Crippen LogP contribution in [-0.4, -0.2) is 73.0 Å². The van der Waals surface area contributed by atoms with E-state index in [-0.39, 0.29) is 35.8 Å². The van der Waals surface area contributed by atoms with Crippen LogP contribution in [0.15, 0.2) is 11.6 Å². The maximum atomic E-state index is 13.6. The van der Waals surface area contributed by atoms with E-state index in [1.807, 2.05) is 41.7 Å². The monoisotopic (exact) mass is 451 g/mol. The highest BCUT2D eigenvalue weighted by Gasteiger charge is 2.39. The van der Waals surface area contributed by atoms with Gasteiger partial charge in [-0.05, 0) is 57.5 Å². The molecule has 1 fully saturated rings. The first kappa shape index (κ1) is 28.1. The number of rotatable bonds is 8. The lowest BCUT2D eigenvalue weighted by molar-refractivity contribution is -0.142. The number of hydrogen-bond acceptors (Lipinski definition) is 5. The van der Waals surface area contributed by atoms with Crippen molar-refractivity contribution in [2.45, 2.75) is 86.4 Å². The van der Waals surface area contributed by atoms with E-state index in [1.54, 1.807) is 31.9 Å². The Labute approximate surface area is 194 Å². The highest BCUT2D eigenvalue weighted by atomic mass is 16.5. The molecule has 1 aliphatic rings. The van der Waals surface area contributed by atoms with Gasteiger partial charge >= 0.3 is 5.97 Å². The van der Waals surface area contributed by atoms with Crippen molar-refractivity contribution < 1.29 is 19.1 Å². The number of ether oxygens (including phenoxy) is 1. The van der Waals surface area contributed by atoms with Crippen molar-refractivity contribution in [3.8, 4) is 0 Å². The fraction of sp³-hybridized carbons (Fsp3) is 0.800. The van der Waals surface area contributed by atoms with Gasteiger partial charge in [-0.15, -0.1) is 0 Å². The largest absolute Gasteiger partial charge is 0.463 e. The molecule has 7 nitrogen and oxygen atoms in total. The predicted octanol–water partition coefficient (Wildman–Crippen LogP) is 3.24. The lowest BCUT2D eigenvalue weighted by Gasteiger charge is -2.40. The smallest absolute Gasteiger partial charge is 0.333 e. The van der Waals surface area contributed by atoms with E-state index in [0.29, 0.717) is 18.1 Å². The molecular formula is C25H45N3O4. The highest BCUT2D eigenvalue weighted by Crippen LogP contribution is 2.26. The molecular weight excluding hydrogens is 406 g/mol. The predicted molar refractivity (Wildman–Crippen MR) is 128 cm³/mol. The second-order valence-corrected chi connectivity index (χ2v) is 10.7. The summed E-state index contributed by atoms with van der Waals surface area (Å²) in [5.41, 5.74) is 0.000687. The number of esters is 1. The Balaban J connectivity index is 3.12. The molecule has 0 aromatic rings. The molecule has 1 rings (SSSR count). The quantitative estimate of drug-likeness (QED) is 0.453. The Hall–Kier alpha value is -1.89. The molecule has 0 unspecified atom stereocenters. The number of piperidine rings is 1. The minimum atomic E-state index is -0.678. The second kappa shape index (κ2) is 11.8. The van der Waals surface area contributed by atoms with E-state index in [4.69, 9.17) is 4.74 Å². The number of carbonyl (C=O) groups is 3. The summed E-state index contributed by atoms with van der Waals surface area (Å²) in [4.78, 5) is 42.6. The second-order valence-electron chi connectivity index (χ2n) is 10.7. The third-order valence-corrected chi connectivity index (χ3v) is 6.33. The first-order chi connectivity index (χ1) is 14.7. The normalized spacial score (nSPS) is 22.3. The van der Waals surface area contributed by atoms with Crippen LogP contribution in [0.4, 0.5) is 0 Å². The number of likely N-dealkylation sites (tertiary alicyclic amines) is 1. The Morgan fingerprint density at radius 3 is 2.34 bits per heavy atom. The van der Waals surface area contributed by atoms with E-state index >= 15 is 0 Å². The lowest BCUT2D eigenvalue weighted by atomic mass is 9.84. The summed E-state index contributed by atoms with van der Waals surface area (Å²) in [5, 5.41) is 3.06. The Morgan fingerprint density at radius 2 is 1.84 bits per heavy atom. The molecule has 7 heteroatoms. The third-order valence-electron chi connectivity index (χ3n) is 6.33. The van der Waals surface area contributed by atoms with Crippen molar-refractivity contribution in [2.24, 2.45) is 17.3 Å². The lowest BCUT2D eigenvalue weighted by Crippen LogP contribution is -2.60. The van der Waals surface area contributed by atoms with Crippen molar-refractivity contribution >= 4 is 17.8 Å². The van der Waals surface area contributed by atoms with E-state index in [2.05, 4.69) is 17.1 Å². The van der Waals surface area contributed by atoms with E-state index < -0.39 is 11.5 Å². The van der Waals surface area contributed by atoms with Crippen LogP contribution in [0, 0.1) is 17.3 Å². The van der Waals surface area contributed by atoms with Gasteiger partial charge < -0.3 is 15.0 Å². The molecule has 4 atom stereocenters. The van der Waals surface area contributed by atoms with Crippen molar-refractivity contribution in [3.63, 3.8) is 0 Å². The number of nitrogens with one attached hydrogen (secondary N) is 1. The first-order valence-corrected chi connectivity index (χ1v) is 11.8. The summed E-state index contributed by atoms with van der Waals surface area (Å²) in [6.45, 7) is 16.7. The van der Waals surface area contributed by atoms with Crippen molar-refractivity contribution in [2.75, 3.05) is 27.2 Å². The van der Waals surface area contributed by atoms with Crippen molar-refractivity contribution in [1.29, 1.82) is 0 Å². The van der Waals surface area contributed by atoms with Gasteiger partial charge in [0.1, 0.15) is 6.04 Å². The van der Waals surface area contributed by atoms with Crippen LogP contribution in [-0.2, 0) is 19.1 Å². The summed E-state index contributed by atoms with van der Waals surface area (Å²) < 4.78 is 5.09. The molecule has 0 saturated carbocycles. The van der Waals surface area contributed by atoms with Crippen LogP contribution in [0.25, 0.3) is 0 Å². The van der Waals surface area contributed by atoms with Crippen LogP contribution >= 0.6 is 0 Å². The average Bonchev–Trinajstić information content (AvgIpc) is 2.69. The fourth-order valence-corrected chi connectivity index (χ4v) is 4.12. The summed E-state index contributed by atoms with van der Waals surface area (Å²) >= 11 is 0. The molecule has 0 aromatic carbocycles. The number of hydrogen-bond donors (Lipinski definition) is 1. The average molecular weight is 452 g/mol. The number of likely N-dealkylation sites (N-methyl/N-ethyl adjacent to an activating group) is 2. The molecule has 1 N–H and O–H groups in total. The van der Waals surface area contributed by atoms with Gasteiger partial charge in [-0.2, -0.15) is 0 Å². The minimum absolute atomic E-state index is 0.0787. The van der Waals surface area contributed by atoms with Gasteiger partial charge in [0.2, 0.25) is 11.8 Å². The van der Waals surface area contributed by atoms with Crippen LogP contribution in [0.3, 0.4) is 0 Å². The van der Waals surface area contributed by atoms with E-state index in [1.165, 1.54) is 0 Å². The highest BCUT2D eigenvalue weighted by molar-refractivity contribution is 5.91. The van der Waals surface area contributed by atoms with Gasteiger partial charge in [-0.1, -0.05) is 47.6 Å². The SMILES string of the molecule is CCOC(=O)C(C)=C[C@H](C(C)C)N(C)C(=O)[C@@H](NC(=O)[C@@H]1C[C@@H](C)CCN1C)C(C)(C)C. The maximum absolute atomic E-state index is 13.6. The fourth-order valence-electron chi connectivity index (χ4n) is 4.12. The number of nitrogens with zero attached hydrogens (tertiary/aromatic N) is 2. The van der Waals surface area contributed by atoms with Crippen molar-refractivity contribution in [1.82, 2.24) is 15.1 Å². The zero-order chi connectivity index (χ0) is 24.8. The third kappa shape index (κ3) is 7.61. The number of carbonyl (C=O) groups excluding carboxylic acids is 3. The van der Waals surface area contributed by atoms with Gasteiger partial charge in [-0.25, -0.2) is 4.79 Å². The van der Waals surface area contributed by atoms with Crippen molar-refractivity contribution in [3.05, 3.63) is 11.6 Å². The Morgan fingerprint density at radius 1 is 1.25 bits per heavy atom. The van der Waals surface area contributed by atoms with Crippen LogP contribution in [0.2, 0.25) is 0 Å². The summed E-state index contributed by atoms with van der Waals surface area (Å²) in [7, 11) is 3.70. The summed E-state index contributed by atoms with van der Waals surface area (Å²) in [5.74, 6) is -0.0807. The van der Waals surface area contributed by atoms with Crippen LogP contribution in [0.1, 0.15) is 68.2 Å². The number of amides is 2. The van der Waals surface area contributed by atoms with E-state index in [9.17, 15) is 14.4 Å². The standard InChI is InChI=1S/C25H45N3O4/c1-11-32-24(31)18(5)15-19(16(2)3)28(10)23(30)21(25(6,7)8)26-22(29)20-14-17(4)12-13-27(20)9/h15-17,19-21H,11-14H2,1-10H3,(H,26,29)/t17-,19+,20-,21+/m0/s1. The molecule has 0 bridgehead atoms. The van der Waals surface area contributed by atoms with Crippen LogP contribution < -0.4 is 5.32 Å². The Bertz CT molecular complexity index is 696. The molecule has 1 saturated heterocycles. The Kier molecular flexibility index (Phi) is 10.4. The molecule has 0 spiro atoms. The molecule has 2 amide bonds. The zero-order valence-corrected chi connectivity index (χ0v) is 21.8. The zero-order valence-electron chi connectivity index (χ0n) is 21.8. The molecule has 184 valence electrons. The topological polar surface area (TPSA) is 79.0 Å². The van der Waals surface area contributed by atoms with Crippen LogP contribution in [0.5, 0.6) is 0 Å². The van der Waals surface area contributed by atoms with E-state index in [0.717, 1.165) is 19.4 Å². The molecule has 1 heterocycles. The maximum Gasteiger partial charge on any atom is 0.333 e. The molecule has 0 radical (unpaired) electrons. The molecule has 1 aliphatic heterocycles. The summed E-state index contributed by atoms with van der Waals surface area (Å²) in [6.07, 6.45) is 3.66. The molecule has 0 aromatic heterocycles. The van der Waals surface area contributed by atoms with Gasteiger partial charge in [0.05, 0.1) is 18.7 Å². The molecule has 0 aliphatic carbocycles. The van der Waals surface area contributed by atoms with Gasteiger partial charge in [0, 0.05) is 12.6 Å².